The molecule has 25 nitrogen and oxygen atoms in total. The van der Waals surface area contributed by atoms with Crippen LogP contribution in [0.2, 0.25) is 0 Å². The Balaban J connectivity index is 7.39. The molecule has 0 spiro atoms. The van der Waals surface area contributed by atoms with E-state index in [4.69, 9.17) is 147 Å². The van der Waals surface area contributed by atoms with E-state index in [0.717, 1.165) is 0 Å². The molecule has 430 valence electrons. The molecule has 0 amide bonds. The van der Waals surface area contributed by atoms with Gasteiger partial charge in [-0.15, -0.1) is 12.6 Å². The molecule has 0 aliphatic heterocycles. The third-order valence-corrected chi connectivity index (χ3v) is 12.5. The molecule has 8 N–H and O–H groups in total. The van der Waals surface area contributed by atoms with Crippen molar-refractivity contribution < 1.29 is 80.8 Å². The Bertz CT molecular complexity index is 1870. The summed E-state index contributed by atoms with van der Waals surface area (Å²) in [6.45, 7) is 0.754. The molecule has 0 aromatic carbocycles. The maximum atomic E-state index is 14.3. The summed E-state index contributed by atoms with van der Waals surface area (Å²) in [5.41, 5.74) is -7.12. The van der Waals surface area contributed by atoms with E-state index in [0.29, 0.717) is 0 Å². The molecule has 33 heteroatoms. The quantitative estimate of drug-likeness (QED) is 0.0141. The van der Waals surface area contributed by atoms with Crippen molar-refractivity contribution in [2.45, 2.75) is 45.5 Å². The largest absolute Gasteiger partial charge is 0.470 e. The molecule has 0 fully saturated rings. The number of carbonyl (C=O) groups excluding carboxylic acids is 4. The number of esters is 4. The number of ether oxygens (including phenoxy) is 13. The summed E-state index contributed by atoms with van der Waals surface area (Å²) >= 11 is 40.3. The lowest BCUT2D eigenvalue weighted by atomic mass is 9.93. The third-order valence-electron chi connectivity index (χ3n) is 9.82. The maximum absolute atomic E-state index is 14.3. The van der Waals surface area contributed by atoms with Crippen LogP contribution in [0.1, 0.15) is 27.7 Å². The van der Waals surface area contributed by atoms with Gasteiger partial charge >= 0.3 is 23.9 Å². The van der Waals surface area contributed by atoms with Gasteiger partial charge in [-0.25, -0.2) is 0 Å². The molecular formula is C42H72N8O17S8. The van der Waals surface area contributed by atoms with Gasteiger partial charge in [-0.2, -0.15) is 0 Å². The smallest absolute Gasteiger partial charge is 0.319 e. The van der Waals surface area contributed by atoms with Crippen molar-refractivity contribution >= 4 is 158 Å². The highest BCUT2D eigenvalue weighted by Crippen LogP contribution is 2.26. The van der Waals surface area contributed by atoms with Crippen LogP contribution >= 0.6 is 98.2 Å². The van der Waals surface area contributed by atoms with Crippen molar-refractivity contribution in [2.75, 3.05) is 136 Å². The normalized spacial score (nSPS) is 13.1. The first-order chi connectivity index (χ1) is 35.2. The molecule has 0 heterocycles. The maximum Gasteiger partial charge on any atom is 0.319 e. The fourth-order valence-electron chi connectivity index (χ4n) is 4.90. The van der Waals surface area contributed by atoms with Gasteiger partial charge in [0.15, 0.2) is 17.8 Å². The van der Waals surface area contributed by atoms with Crippen LogP contribution in [0, 0.1) is 21.7 Å². The van der Waals surface area contributed by atoms with Crippen LogP contribution in [-0.4, -0.2) is 214 Å². The lowest BCUT2D eigenvalue weighted by molar-refractivity contribution is -0.185. The summed E-state index contributed by atoms with van der Waals surface area (Å²) in [5.74, 6) is -3.63. The van der Waals surface area contributed by atoms with E-state index in [1.807, 2.05) is 0 Å². The first kappa shape index (κ1) is 70.9. The molecule has 0 bridgehead atoms. The van der Waals surface area contributed by atoms with E-state index in [2.05, 4.69) is 55.2 Å². The second kappa shape index (κ2) is 36.9. The molecule has 0 aliphatic rings. The topological polar surface area (TPSA) is 285 Å². The standard InChI is InChI=1S/C42H72N8O17S8/c1-39(17-58-31(68)43-5,18-59-32(69)44-6)27(51)56-15-25(66-29(53)41(3,21-62-35(72)47-9)22-63-36(73)48-10)13-55-14-26(67-30(54)42(4,23-64-37(74)49-11)24-65-38(75)50-12)16-57-28(52)40(2,19-60-33(70)45-7)20-61-34(71)46-8/h25-26,35,47,72H,13-24H2,1-12H3,(H,43,68)(H,44,69)(H,45,70)(H,46,71)(H,48,73)(H,49,74)(H,50,75). The number of nitrogens with one attached hydrogen (secondary N) is 8. The number of carbonyl (C=O) groups is 4. The average Bonchev–Trinajstić information content (AvgIpc) is 3.41. The van der Waals surface area contributed by atoms with Crippen molar-refractivity contribution in [3.8, 4) is 0 Å². The number of thiol groups is 1. The number of hydrogen-bond donors (Lipinski definition) is 9. The summed E-state index contributed by atoms with van der Waals surface area (Å²) in [7, 11) is 12.3. The van der Waals surface area contributed by atoms with Gasteiger partial charge < -0.3 is 98.8 Å². The zero-order valence-electron chi connectivity index (χ0n) is 44.0. The zero-order valence-corrected chi connectivity index (χ0v) is 50.6. The van der Waals surface area contributed by atoms with E-state index in [1.54, 1.807) is 7.05 Å². The van der Waals surface area contributed by atoms with Gasteiger partial charge in [0.05, 0.1) is 19.8 Å². The van der Waals surface area contributed by atoms with Gasteiger partial charge in [-0.05, 0) is 120 Å². The Morgan fingerprint density at radius 2 is 0.600 bits per heavy atom. The lowest BCUT2D eigenvalue weighted by Gasteiger charge is -2.32. The third kappa shape index (κ3) is 27.7. The lowest BCUT2D eigenvalue weighted by Crippen LogP contribution is -2.47. The van der Waals surface area contributed by atoms with Crippen LogP contribution in [0.25, 0.3) is 0 Å². The van der Waals surface area contributed by atoms with E-state index in [9.17, 15) is 19.2 Å². The summed E-state index contributed by atoms with van der Waals surface area (Å²) in [6.07, 6.45) is -2.85. The molecular weight excluding hydrogens is 1150 g/mol. The molecule has 4 unspecified atom stereocenters. The summed E-state index contributed by atoms with van der Waals surface area (Å²) in [4.78, 5) is 56.5. The van der Waals surface area contributed by atoms with Gasteiger partial charge in [0.2, 0.25) is 0 Å². The first-order valence-electron chi connectivity index (χ1n) is 22.4. The Morgan fingerprint density at radius 1 is 0.373 bits per heavy atom. The molecule has 0 rings (SSSR count). The summed E-state index contributed by atoms with van der Waals surface area (Å²) in [5, 5.41) is 21.1. The average molecular weight is 1220 g/mol. The minimum atomic E-state index is -1.62. The minimum absolute atomic E-state index is 0.0279. The molecule has 0 aliphatic carbocycles. The molecule has 0 saturated heterocycles. The van der Waals surface area contributed by atoms with Gasteiger partial charge in [0.1, 0.15) is 81.1 Å². The first-order valence-corrected chi connectivity index (χ1v) is 25.8. The Kier molecular flexibility index (Phi) is 34.9. The highest BCUT2D eigenvalue weighted by molar-refractivity contribution is 7.81. The van der Waals surface area contributed by atoms with E-state index in [1.165, 1.54) is 77.0 Å². The van der Waals surface area contributed by atoms with E-state index < -0.39 is 89.7 Å². The van der Waals surface area contributed by atoms with Crippen LogP contribution in [0.15, 0.2) is 0 Å². The van der Waals surface area contributed by atoms with Crippen molar-refractivity contribution in [1.82, 2.24) is 42.5 Å². The van der Waals surface area contributed by atoms with E-state index >= 15 is 0 Å². The van der Waals surface area contributed by atoms with Crippen molar-refractivity contribution in [3.05, 3.63) is 0 Å². The van der Waals surface area contributed by atoms with Gasteiger partial charge in [-0.1, -0.05) is 0 Å². The molecule has 0 saturated carbocycles. The Labute approximate surface area is 481 Å². The minimum Gasteiger partial charge on any atom is -0.470 e. The van der Waals surface area contributed by atoms with Crippen LogP contribution in [0.3, 0.4) is 0 Å². The van der Waals surface area contributed by atoms with Crippen LogP contribution in [0.4, 0.5) is 0 Å². The monoisotopic (exact) mass is 1220 g/mol. The number of hydrogen-bond acceptors (Lipinski definition) is 26. The number of rotatable bonds is 32. The predicted octanol–water partition coefficient (Wildman–Crippen LogP) is 0.0339. The Hall–Kier alpha value is -4.06. The van der Waals surface area contributed by atoms with Gasteiger partial charge in [-0.3, -0.25) is 24.5 Å². The van der Waals surface area contributed by atoms with Crippen molar-refractivity contribution in [1.29, 1.82) is 0 Å². The second-order valence-corrected chi connectivity index (χ2v) is 19.8. The fraction of sp³-hybridized carbons (Fsp3) is 0.738. The van der Waals surface area contributed by atoms with Crippen molar-refractivity contribution in [2.24, 2.45) is 21.7 Å². The van der Waals surface area contributed by atoms with Crippen LogP contribution in [0.5, 0.6) is 0 Å². The number of thiocarbonyl (C=S) groups is 7. The zero-order chi connectivity index (χ0) is 57.4. The van der Waals surface area contributed by atoms with Gasteiger partial charge in [0.25, 0.3) is 36.2 Å². The van der Waals surface area contributed by atoms with Gasteiger partial charge in [0, 0.05) is 49.3 Å². The Morgan fingerprint density at radius 3 is 0.827 bits per heavy atom. The molecule has 0 radical (unpaired) electrons. The van der Waals surface area contributed by atoms with Crippen molar-refractivity contribution in [3.63, 3.8) is 0 Å². The second-order valence-electron chi connectivity index (χ2n) is 16.8. The molecule has 4 atom stereocenters. The summed E-state index contributed by atoms with van der Waals surface area (Å²) < 4.78 is 74.4. The van der Waals surface area contributed by atoms with E-state index in [-0.39, 0.29) is 89.1 Å². The van der Waals surface area contributed by atoms with Crippen LogP contribution < -0.4 is 42.5 Å². The molecule has 0 aromatic heterocycles. The SMILES string of the molecule is CNC(=S)OCC(C)(COC(=S)NC)C(=O)OCC(COCC(COC(=O)C(C)(COC(=S)NC)COC(=S)NC)OC(=O)C(C)(COC(=S)NC)COC(S)NC)OC(=O)C(C)(COC(=S)NC)COC(=S)NC. The highest BCUT2D eigenvalue weighted by Gasteiger charge is 2.44. The van der Waals surface area contributed by atoms with Crippen LogP contribution in [-0.2, 0) is 80.8 Å². The predicted molar refractivity (Wildman–Crippen MR) is 306 cm³/mol. The summed E-state index contributed by atoms with van der Waals surface area (Å²) in [6, 6.07) is 0. The molecule has 0 aromatic rings. The highest BCUT2D eigenvalue weighted by atomic mass is 32.1. The molecule has 75 heavy (non-hydrogen) atoms. The fourth-order valence-corrected chi connectivity index (χ4v) is 5.39.